The number of hydrogen-bond acceptors (Lipinski definition) is 3. The molecule has 0 fully saturated rings. The lowest BCUT2D eigenvalue weighted by Crippen LogP contribution is -2.09. The Kier molecular flexibility index (Phi) is 4.36. The first-order chi connectivity index (χ1) is 8.79. The van der Waals surface area contributed by atoms with E-state index in [-0.39, 0.29) is 0 Å². The number of nitrogens with one attached hydrogen (secondary N) is 1. The van der Waals surface area contributed by atoms with Gasteiger partial charge in [0, 0.05) is 18.9 Å². The minimum Gasteiger partial charge on any atom is -0.492 e. The molecule has 0 saturated heterocycles. The molecule has 2 aromatic rings. The molecule has 0 aliphatic rings. The fourth-order valence-electron chi connectivity index (χ4n) is 1.81. The van der Waals surface area contributed by atoms with Gasteiger partial charge in [-0.05, 0) is 31.7 Å². The fraction of sp³-hybridized carbons (Fsp3) is 0.357. The number of rotatable bonds is 6. The third-order valence-electron chi connectivity index (χ3n) is 2.83. The van der Waals surface area contributed by atoms with E-state index in [0.717, 1.165) is 24.7 Å². The van der Waals surface area contributed by atoms with Crippen molar-refractivity contribution in [2.75, 3.05) is 13.7 Å². The molecule has 0 aliphatic heterocycles. The monoisotopic (exact) mass is 245 g/mol. The number of aryl methyl sites for hydroxylation is 1. The SMILES string of the molecule is CNCc1ccc(OCCn2ccnc2C)cc1. The predicted octanol–water partition coefficient (Wildman–Crippen LogP) is 1.99. The maximum Gasteiger partial charge on any atom is 0.119 e. The summed E-state index contributed by atoms with van der Waals surface area (Å²) in [7, 11) is 1.94. The van der Waals surface area contributed by atoms with E-state index in [0.29, 0.717) is 6.61 Å². The molecule has 18 heavy (non-hydrogen) atoms. The van der Waals surface area contributed by atoms with Crippen LogP contribution in [0.2, 0.25) is 0 Å². The van der Waals surface area contributed by atoms with Gasteiger partial charge in [-0.25, -0.2) is 4.98 Å². The molecule has 0 bridgehead atoms. The smallest absolute Gasteiger partial charge is 0.119 e. The Morgan fingerprint density at radius 1 is 1.28 bits per heavy atom. The molecule has 1 aromatic carbocycles. The van der Waals surface area contributed by atoms with Crippen LogP contribution in [0.3, 0.4) is 0 Å². The van der Waals surface area contributed by atoms with Crippen LogP contribution in [0.25, 0.3) is 0 Å². The highest BCUT2D eigenvalue weighted by atomic mass is 16.5. The summed E-state index contributed by atoms with van der Waals surface area (Å²) in [4.78, 5) is 4.17. The zero-order chi connectivity index (χ0) is 12.8. The third-order valence-corrected chi connectivity index (χ3v) is 2.83. The topological polar surface area (TPSA) is 39.1 Å². The van der Waals surface area contributed by atoms with Gasteiger partial charge in [-0.2, -0.15) is 0 Å². The second kappa shape index (κ2) is 6.21. The van der Waals surface area contributed by atoms with Crippen molar-refractivity contribution in [3.63, 3.8) is 0 Å². The van der Waals surface area contributed by atoms with Gasteiger partial charge in [0.2, 0.25) is 0 Å². The molecule has 0 amide bonds. The summed E-state index contributed by atoms with van der Waals surface area (Å²) in [5.74, 6) is 1.93. The molecule has 0 unspecified atom stereocenters. The van der Waals surface area contributed by atoms with E-state index in [2.05, 4.69) is 27.0 Å². The van der Waals surface area contributed by atoms with E-state index in [4.69, 9.17) is 4.74 Å². The largest absolute Gasteiger partial charge is 0.492 e. The van der Waals surface area contributed by atoms with E-state index >= 15 is 0 Å². The first-order valence-corrected chi connectivity index (χ1v) is 6.13. The molecule has 0 spiro atoms. The molecule has 2 rings (SSSR count). The lowest BCUT2D eigenvalue weighted by molar-refractivity contribution is 0.297. The zero-order valence-corrected chi connectivity index (χ0v) is 10.9. The number of ether oxygens (including phenoxy) is 1. The molecule has 0 saturated carbocycles. The average Bonchev–Trinajstić information content (AvgIpc) is 2.78. The minimum absolute atomic E-state index is 0.655. The van der Waals surface area contributed by atoms with Crippen molar-refractivity contribution in [1.29, 1.82) is 0 Å². The number of imidazole rings is 1. The van der Waals surface area contributed by atoms with Crippen molar-refractivity contribution >= 4 is 0 Å². The quantitative estimate of drug-likeness (QED) is 0.846. The summed E-state index contributed by atoms with van der Waals surface area (Å²) in [6, 6.07) is 8.17. The maximum absolute atomic E-state index is 5.70. The molecular formula is C14H19N3O. The molecule has 0 atom stereocenters. The summed E-state index contributed by atoms with van der Waals surface area (Å²) in [6.45, 7) is 4.35. The molecule has 4 nitrogen and oxygen atoms in total. The predicted molar refractivity (Wildman–Crippen MR) is 71.7 cm³/mol. The molecule has 1 heterocycles. The highest BCUT2D eigenvalue weighted by molar-refractivity contribution is 5.27. The van der Waals surface area contributed by atoms with E-state index in [1.54, 1.807) is 0 Å². The highest BCUT2D eigenvalue weighted by Crippen LogP contribution is 2.12. The maximum atomic E-state index is 5.70. The number of nitrogens with zero attached hydrogens (tertiary/aromatic N) is 2. The van der Waals surface area contributed by atoms with Gasteiger partial charge in [-0.15, -0.1) is 0 Å². The molecule has 1 aromatic heterocycles. The van der Waals surface area contributed by atoms with Crippen molar-refractivity contribution in [3.8, 4) is 5.75 Å². The molecule has 4 heteroatoms. The van der Waals surface area contributed by atoms with Crippen LogP contribution < -0.4 is 10.1 Å². The lowest BCUT2D eigenvalue weighted by Gasteiger charge is -2.08. The third kappa shape index (κ3) is 3.34. The van der Waals surface area contributed by atoms with E-state index < -0.39 is 0 Å². The van der Waals surface area contributed by atoms with Gasteiger partial charge < -0.3 is 14.6 Å². The van der Waals surface area contributed by atoms with Crippen LogP contribution >= 0.6 is 0 Å². The molecule has 0 aliphatic carbocycles. The Balaban J connectivity index is 1.81. The van der Waals surface area contributed by atoms with Crippen LogP contribution in [0.5, 0.6) is 5.75 Å². The molecule has 0 radical (unpaired) electrons. The first kappa shape index (κ1) is 12.6. The fourth-order valence-corrected chi connectivity index (χ4v) is 1.81. The number of aromatic nitrogens is 2. The van der Waals surface area contributed by atoms with Gasteiger partial charge in [0.1, 0.15) is 18.2 Å². The van der Waals surface area contributed by atoms with Crippen LogP contribution in [-0.2, 0) is 13.1 Å². The lowest BCUT2D eigenvalue weighted by atomic mass is 10.2. The van der Waals surface area contributed by atoms with E-state index in [1.807, 2.05) is 38.5 Å². The summed E-state index contributed by atoms with van der Waals surface area (Å²) in [6.07, 6.45) is 3.77. The molecule has 1 N–H and O–H groups in total. The van der Waals surface area contributed by atoms with Gasteiger partial charge in [0.25, 0.3) is 0 Å². The number of hydrogen-bond donors (Lipinski definition) is 1. The Morgan fingerprint density at radius 2 is 2.06 bits per heavy atom. The second-order valence-corrected chi connectivity index (χ2v) is 4.19. The van der Waals surface area contributed by atoms with Gasteiger partial charge in [-0.3, -0.25) is 0 Å². The van der Waals surface area contributed by atoms with Gasteiger partial charge in [0.15, 0.2) is 0 Å². The Hall–Kier alpha value is -1.81. The normalized spacial score (nSPS) is 10.6. The Bertz CT molecular complexity index is 476. The second-order valence-electron chi connectivity index (χ2n) is 4.19. The highest BCUT2D eigenvalue weighted by Gasteiger charge is 1.98. The Morgan fingerprint density at radius 3 is 2.67 bits per heavy atom. The van der Waals surface area contributed by atoms with Gasteiger partial charge in [-0.1, -0.05) is 12.1 Å². The zero-order valence-electron chi connectivity index (χ0n) is 10.9. The van der Waals surface area contributed by atoms with Gasteiger partial charge >= 0.3 is 0 Å². The Labute approximate surface area is 108 Å². The van der Waals surface area contributed by atoms with Crippen molar-refractivity contribution in [2.45, 2.75) is 20.0 Å². The van der Waals surface area contributed by atoms with Crippen LogP contribution in [0, 0.1) is 6.92 Å². The number of benzene rings is 1. The minimum atomic E-state index is 0.655. The van der Waals surface area contributed by atoms with Gasteiger partial charge in [0.05, 0.1) is 6.54 Å². The van der Waals surface area contributed by atoms with Crippen molar-refractivity contribution in [1.82, 2.24) is 14.9 Å². The van der Waals surface area contributed by atoms with Crippen LogP contribution in [0.1, 0.15) is 11.4 Å². The average molecular weight is 245 g/mol. The van der Waals surface area contributed by atoms with E-state index in [1.165, 1.54) is 5.56 Å². The summed E-state index contributed by atoms with van der Waals surface area (Å²) < 4.78 is 7.78. The summed E-state index contributed by atoms with van der Waals surface area (Å²) in [5, 5.41) is 3.12. The molecule has 96 valence electrons. The van der Waals surface area contributed by atoms with Crippen LogP contribution in [-0.4, -0.2) is 23.2 Å². The van der Waals surface area contributed by atoms with E-state index in [9.17, 15) is 0 Å². The van der Waals surface area contributed by atoms with Crippen LogP contribution in [0.4, 0.5) is 0 Å². The van der Waals surface area contributed by atoms with Crippen molar-refractivity contribution in [3.05, 3.63) is 48.0 Å². The summed E-state index contributed by atoms with van der Waals surface area (Å²) >= 11 is 0. The molecular weight excluding hydrogens is 226 g/mol. The standard InChI is InChI=1S/C14H19N3O/c1-12-16-7-8-17(12)9-10-18-14-5-3-13(4-6-14)11-15-2/h3-8,15H,9-11H2,1-2H3. The first-order valence-electron chi connectivity index (χ1n) is 6.13. The van der Waals surface area contributed by atoms with Crippen molar-refractivity contribution in [2.24, 2.45) is 0 Å². The summed E-state index contributed by atoms with van der Waals surface area (Å²) in [5.41, 5.74) is 1.26. The van der Waals surface area contributed by atoms with Crippen molar-refractivity contribution < 1.29 is 4.74 Å². The van der Waals surface area contributed by atoms with Crippen LogP contribution in [0.15, 0.2) is 36.7 Å².